The van der Waals surface area contributed by atoms with Crippen molar-refractivity contribution in [1.29, 1.82) is 0 Å². The highest BCUT2D eigenvalue weighted by atomic mass is 16.5. The fourth-order valence-electron chi connectivity index (χ4n) is 1.72. The van der Waals surface area contributed by atoms with E-state index in [0.29, 0.717) is 18.0 Å². The number of hydrogen-bond acceptors (Lipinski definition) is 3. The van der Waals surface area contributed by atoms with Gasteiger partial charge in [-0.25, -0.2) is 4.79 Å². The van der Waals surface area contributed by atoms with Crippen LogP contribution in [-0.2, 0) is 0 Å². The van der Waals surface area contributed by atoms with E-state index >= 15 is 0 Å². The van der Waals surface area contributed by atoms with Crippen molar-refractivity contribution in [1.82, 2.24) is 9.88 Å². The van der Waals surface area contributed by atoms with Crippen molar-refractivity contribution in [2.45, 2.75) is 6.92 Å². The molecule has 0 saturated carbocycles. The van der Waals surface area contributed by atoms with Crippen LogP contribution >= 0.6 is 0 Å². The van der Waals surface area contributed by atoms with Crippen LogP contribution in [-0.4, -0.2) is 29.5 Å². The van der Waals surface area contributed by atoms with Gasteiger partial charge in [-0.05, 0) is 43.3 Å². The second-order valence-corrected chi connectivity index (χ2v) is 4.69. The quantitative estimate of drug-likeness (QED) is 0.851. The molecule has 2 aromatic rings. The molecule has 5 nitrogen and oxygen atoms in total. The number of ether oxygens (including phenoxy) is 1. The molecule has 1 aromatic heterocycles. The maximum Gasteiger partial charge on any atom is 0.321 e. The van der Waals surface area contributed by atoms with E-state index in [0.717, 1.165) is 5.69 Å². The topological polar surface area (TPSA) is 54.5 Å². The summed E-state index contributed by atoms with van der Waals surface area (Å²) < 4.78 is 5.64. The first-order chi connectivity index (χ1) is 10.7. The molecule has 0 bridgehead atoms. The summed E-state index contributed by atoms with van der Waals surface area (Å²) in [5.74, 6) is 1.36. The Balaban J connectivity index is 1.93. The number of nitrogens with one attached hydrogen (secondary N) is 1. The molecule has 0 fully saturated rings. The van der Waals surface area contributed by atoms with Crippen LogP contribution in [0.2, 0.25) is 0 Å². The van der Waals surface area contributed by atoms with Crippen molar-refractivity contribution in [3.05, 3.63) is 60.9 Å². The maximum absolute atomic E-state index is 11.9. The van der Waals surface area contributed by atoms with Crippen molar-refractivity contribution in [2.24, 2.45) is 0 Å². The summed E-state index contributed by atoms with van der Waals surface area (Å²) in [4.78, 5) is 17.5. The zero-order valence-electron chi connectivity index (χ0n) is 12.7. The number of carbonyl (C=O) groups excluding carboxylic acids is 1. The van der Waals surface area contributed by atoms with Gasteiger partial charge in [-0.1, -0.05) is 12.2 Å². The highest BCUT2D eigenvalue weighted by Gasteiger charge is 2.07. The number of allylic oxidation sites excluding steroid dienone is 1. The Morgan fingerprint density at radius 1 is 1.27 bits per heavy atom. The van der Waals surface area contributed by atoms with E-state index in [-0.39, 0.29) is 6.03 Å². The Morgan fingerprint density at radius 3 is 2.68 bits per heavy atom. The first kappa shape index (κ1) is 15.6. The van der Waals surface area contributed by atoms with Gasteiger partial charge in [0.05, 0.1) is 6.20 Å². The number of rotatable bonds is 5. The van der Waals surface area contributed by atoms with E-state index in [9.17, 15) is 4.79 Å². The highest BCUT2D eigenvalue weighted by molar-refractivity contribution is 5.89. The van der Waals surface area contributed by atoms with E-state index in [4.69, 9.17) is 4.74 Å². The SMILES string of the molecule is C/C=C/CN(C)C(=O)Nc1ccc(Oc2cccnc2)cc1. The summed E-state index contributed by atoms with van der Waals surface area (Å²) in [5, 5.41) is 2.83. The number of pyridine rings is 1. The zero-order chi connectivity index (χ0) is 15.8. The van der Waals surface area contributed by atoms with Crippen LogP contribution < -0.4 is 10.1 Å². The van der Waals surface area contributed by atoms with Crippen LogP contribution in [0.15, 0.2) is 60.9 Å². The third-order valence-electron chi connectivity index (χ3n) is 2.94. The summed E-state index contributed by atoms with van der Waals surface area (Å²) in [7, 11) is 1.75. The van der Waals surface area contributed by atoms with Crippen LogP contribution in [0.3, 0.4) is 0 Å². The second kappa shape index (κ2) is 7.83. The zero-order valence-corrected chi connectivity index (χ0v) is 12.7. The number of nitrogens with zero attached hydrogens (tertiary/aromatic N) is 2. The van der Waals surface area contributed by atoms with Gasteiger partial charge in [0.25, 0.3) is 0 Å². The predicted octanol–water partition coefficient (Wildman–Crippen LogP) is 3.91. The van der Waals surface area contributed by atoms with E-state index < -0.39 is 0 Å². The molecular formula is C17H19N3O2. The van der Waals surface area contributed by atoms with Gasteiger partial charge in [0, 0.05) is 25.5 Å². The maximum atomic E-state index is 11.9. The minimum atomic E-state index is -0.154. The van der Waals surface area contributed by atoms with Crippen molar-refractivity contribution in [3.8, 4) is 11.5 Å². The van der Waals surface area contributed by atoms with E-state index in [1.54, 1.807) is 48.6 Å². The molecule has 0 radical (unpaired) electrons. The Hall–Kier alpha value is -2.82. The third-order valence-corrected chi connectivity index (χ3v) is 2.94. The van der Waals surface area contributed by atoms with Crippen LogP contribution in [0.5, 0.6) is 11.5 Å². The van der Waals surface area contributed by atoms with Gasteiger partial charge < -0.3 is 15.0 Å². The smallest absolute Gasteiger partial charge is 0.321 e. The predicted molar refractivity (Wildman–Crippen MR) is 87.2 cm³/mol. The number of benzene rings is 1. The summed E-state index contributed by atoms with van der Waals surface area (Å²) in [6.45, 7) is 2.50. The first-order valence-electron chi connectivity index (χ1n) is 7.00. The lowest BCUT2D eigenvalue weighted by molar-refractivity contribution is 0.226. The summed E-state index contributed by atoms with van der Waals surface area (Å²) >= 11 is 0. The molecule has 1 aromatic carbocycles. The average molecular weight is 297 g/mol. The molecule has 1 heterocycles. The Kier molecular flexibility index (Phi) is 5.54. The number of urea groups is 1. The molecule has 0 aliphatic heterocycles. The molecular weight excluding hydrogens is 278 g/mol. The molecule has 0 spiro atoms. The molecule has 2 rings (SSSR count). The van der Waals surface area contributed by atoms with Gasteiger partial charge in [0.1, 0.15) is 11.5 Å². The fourth-order valence-corrected chi connectivity index (χ4v) is 1.72. The summed E-state index contributed by atoms with van der Waals surface area (Å²) in [6, 6.07) is 10.7. The Labute approximate surface area is 130 Å². The largest absolute Gasteiger partial charge is 0.456 e. The van der Waals surface area contributed by atoms with Crippen LogP contribution in [0.25, 0.3) is 0 Å². The van der Waals surface area contributed by atoms with Crippen molar-refractivity contribution >= 4 is 11.7 Å². The van der Waals surface area contributed by atoms with E-state index in [1.807, 2.05) is 31.2 Å². The molecule has 5 heteroatoms. The average Bonchev–Trinajstić information content (AvgIpc) is 2.55. The fraction of sp³-hybridized carbons (Fsp3) is 0.176. The lowest BCUT2D eigenvalue weighted by atomic mass is 10.3. The number of anilines is 1. The molecule has 0 aliphatic carbocycles. The monoisotopic (exact) mass is 297 g/mol. The molecule has 22 heavy (non-hydrogen) atoms. The molecule has 114 valence electrons. The van der Waals surface area contributed by atoms with Gasteiger partial charge in [0.15, 0.2) is 0 Å². The molecule has 0 atom stereocenters. The minimum absolute atomic E-state index is 0.154. The van der Waals surface area contributed by atoms with Gasteiger partial charge >= 0.3 is 6.03 Å². The summed E-state index contributed by atoms with van der Waals surface area (Å²) in [6.07, 6.45) is 7.17. The van der Waals surface area contributed by atoms with Crippen LogP contribution in [0.4, 0.5) is 10.5 Å². The lowest BCUT2D eigenvalue weighted by Crippen LogP contribution is -2.31. The molecule has 1 N–H and O–H groups in total. The highest BCUT2D eigenvalue weighted by Crippen LogP contribution is 2.22. The van der Waals surface area contributed by atoms with Gasteiger partial charge in [-0.2, -0.15) is 0 Å². The number of hydrogen-bond donors (Lipinski definition) is 1. The Bertz CT molecular complexity index is 624. The minimum Gasteiger partial charge on any atom is -0.456 e. The van der Waals surface area contributed by atoms with Crippen LogP contribution in [0, 0.1) is 0 Å². The number of aromatic nitrogens is 1. The van der Waals surface area contributed by atoms with E-state index in [1.165, 1.54) is 0 Å². The number of likely N-dealkylation sites (N-methyl/N-ethyl adjacent to an activating group) is 1. The van der Waals surface area contributed by atoms with Gasteiger partial charge in [0.2, 0.25) is 0 Å². The normalized spacial score (nSPS) is 10.5. The first-order valence-corrected chi connectivity index (χ1v) is 7.00. The molecule has 0 aliphatic rings. The molecule has 2 amide bonds. The number of amides is 2. The van der Waals surface area contributed by atoms with Gasteiger partial charge in [-0.3, -0.25) is 4.98 Å². The van der Waals surface area contributed by atoms with Crippen molar-refractivity contribution < 1.29 is 9.53 Å². The second-order valence-electron chi connectivity index (χ2n) is 4.69. The molecule has 0 unspecified atom stereocenters. The van der Waals surface area contributed by atoms with Crippen LogP contribution in [0.1, 0.15) is 6.92 Å². The molecule has 0 saturated heterocycles. The van der Waals surface area contributed by atoms with Crippen molar-refractivity contribution in [2.75, 3.05) is 18.9 Å². The standard InChI is InChI=1S/C17H19N3O2/c1-3-4-12-20(2)17(21)19-14-7-9-15(10-8-14)22-16-6-5-11-18-13-16/h3-11,13H,12H2,1-2H3,(H,19,21)/b4-3+. The number of carbonyl (C=O) groups is 1. The third kappa shape index (κ3) is 4.63. The Morgan fingerprint density at radius 2 is 2.05 bits per heavy atom. The van der Waals surface area contributed by atoms with Gasteiger partial charge in [-0.15, -0.1) is 0 Å². The van der Waals surface area contributed by atoms with Crippen molar-refractivity contribution in [3.63, 3.8) is 0 Å². The summed E-state index contributed by atoms with van der Waals surface area (Å²) in [5.41, 5.74) is 0.718. The lowest BCUT2D eigenvalue weighted by Gasteiger charge is -2.16. The van der Waals surface area contributed by atoms with E-state index in [2.05, 4.69) is 10.3 Å².